The molecule has 0 heterocycles. The third-order valence-corrected chi connectivity index (χ3v) is 4.59. The number of benzene rings is 2. The van der Waals surface area contributed by atoms with E-state index in [2.05, 4.69) is 4.18 Å². The summed E-state index contributed by atoms with van der Waals surface area (Å²) in [6, 6.07) is 14.1. The van der Waals surface area contributed by atoms with E-state index in [1.165, 1.54) is 48.5 Å². The zero-order chi connectivity index (χ0) is 23.9. The maximum Gasteiger partial charge on any atom is 0.338 e. The number of carbonyl (C=O) groups excluding carboxylic acids is 2. The first-order chi connectivity index (χ1) is 14.9. The van der Waals surface area contributed by atoms with Crippen LogP contribution >= 0.6 is 0 Å². The number of halogens is 2. The Kier molecular flexibility index (Phi) is 8.38. The number of rotatable bonds is 10. The van der Waals surface area contributed by atoms with E-state index in [-0.39, 0.29) is 11.1 Å². The summed E-state index contributed by atoms with van der Waals surface area (Å²) in [7, 11) is -4.45. The Morgan fingerprint density at radius 1 is 0.938 bits per heavy atom. The van der Waals surface area contributed by atoms with Crippen LogP contribution in [0, 0.1) is 0 Å². The third-order valence-electron chi connectivity index (χ3n) is 3.99. The molecule has 2 aromatic rings. The van der Waals surface area contributed by atoms with Crippen molar-refractivity contribution < 1.29 is 50.7 Å². The van der Waals surface area contributed by atoms with Crippen molar-refractivity contribution in [2.45, 2.75) is 24.4 Å². The Morgan fingerprint density at radius 3 is 1.84 bits per heavy atom. The monoisotopic (exact) mass is 474 g/mol. The maximum absolute atomic E-state index is 14.6. The zero-order valence-corrected chi connectivity index (χ0v) is 17.4. The highest BCUT2D eigenvalue weighted by atomic mass is 32.2. The minimum absolute atomic E-state index is 0.0254. The number of alkyl halides is 2. The molecule has 0 fully saturated rings. The summed E-state index contributed by atoms with van der Waals surface area (Å²) in [5.74, 6) is -6.93. The summed E-state index contributed by atoms with van der Waals surface area (Å²) in [5.41, 5.74) is -0.155. The van der Waals surface area contributed by atoms with E-state index in [0.29, 0.717) is 6.26 Å². The van der Waals surface area contributed by atoms with E-state index in [1.54, 1.807) is 12.1 Å². The number of hydrogen-bond acceptors (Lipinski definition) is 9. The van der Waals surface area contributed by atoms with Crippen molar-refractivity contribution in [3.05, 3.63) is 71.8 Å². The molecular weight excluding hydrogens is 454 g/mol. The summed E-state index contributed by atoms with van der Waals surface area (Å²) in [6.45, 7) is -1.12. The van der Waals surface area contributed by atoms with E-state index in [4.69, 9.17) is 19.7 Å². The quantitative estimate of drug-likeness (QED) is 0.297. The molecule has 0 bridgehead atoms. The third kappa shape index (κ3) is 7.05. The normalized spacial score (nSPS) is 13.9. The van der Waals surface area contributed by atoms with Crippen LogP contribution < -0.4 is 0 Å². The number of aliphatic hydroxyl groups is 2. The van der Waals surface area contributed by atoms with Crippen LogP contribution in [0.1, 0.15) is 20.7 Å². The van der Waals surface area contributed by atoms with Crippen molar-refractivity contribution in [1.82, 2.24) is 0 Å². The first-order valence-electron chi connectivity index (χ1n) is 9.02. The molecule has 0 spiro atoms. The average Bonchev–Trinajstić information content (AvgIpc) is 2.74. The molecule has 0 saturated heterocycles. The molecule has 0 amide bonds. The van der Waals surface area contributed by atoms with Gasteiger partial charge in [0.2, 0.25) is 12.4 Å². The lowest BCUT2D eigenvalue weighted by atomic mass is 10.1. The second kappa shape index (κ2) is 10.6. The number of hydrogen-bond donors (Lipinski definition) is 2. The van der Waals surface area contributed by atoms with Gasteiger partial charge in [0.05, 0.1) is 17.4 Å². The van der Waals surface area contributed by atoms with E-state index in [9.17, 15) is 26.8 Å². The Morgan fingerprint density at radius 2 is 1.41 bits per heavy atom. The fourth-order valence-corrected chi connectivity index (χ4v) is 3.12. The molecule has 0 aliphatic rings. The molecule has 12 heteroatoms. The number of carbonyl (C=O) groups is 2. The Bertz CT molecular complexity index is 1010. The van der Waals surface area contributed by atoms with Crippen LogP contribution in [0.15, 0.2) is 60.7 Å². The van der Waals surface area contributed by atoms with E-state index in [1.807, 2.05) is 0 Å². The molecule has 2 aromatic carbocycles. The molecule has 2 atom stereocenters. The molecule has 2 rings (SSSR count). The summed E-state index contributed by atoms with van der Waals surface area (Å²) < 4.78 is 66.6. The standard InChI is InChI=1S/C20H20F2O9S/c1-32(27,28)31-15(12-29-17(23)13-8-4-2-5-9-13)16(20(21,22)19(25)26)30-18(24)14-10-6-3-7-11-14/h2-11,15-16,19,25-26H,12H2,1H3/t15-,16+/m0/s1. The molecule has 9 nitrogen and oxygen atoms in total. The van der Waals surface area contributed by atoms with Crippen molar-refractivity contribution in [2.24, 2.45) is 0 Å². The Labute approximate surface area is 182 Å². The molecular formula is C20H20F2O9S. The SMILES string of the molecule is CS(=O)(=O)O[C@@H](COC(=O)c1ccccc1)[C@@H](OC(=O)c1ccccc1)C(F)(F)C(O)O. The first-order valence-corrected chi connectivity index (χ1v) is 10.8. The lowest BCUT2D eigenvalue weighted by Gasteiger charge is -2.32. The summed E-state index contributed by atoms with van der Waals surface area (Å²) in [5, 5.41) is 18.3. The van der Waals surface area contributed by atoms with Gasteiger partial charge in [-0.2, -0.15) is 17.2 Å². The lowest BCUT2D eigenvalue weighted by Crippen LogP contribution is -2.55. The van der Waals surface area contributed by atoms with Crippen molar-refractivity contribution in [3.63, 3.8) is 0 Å². The highest BCUT2D eigenvalue weighted by molar-refractivity contribution is 7.86. The predicted octanol–water partition coefficient (Wildman–Crippen LogP) is 1.36. The van der Waals surface area contributed by atoms with Crippen molar-refractivity contribution in [3.8, 4) is 0 Å². The Hall–Kier alpha value is -2.93. The van der Waals surface area contributed by atoms with E-state index < -0.39 is 53.1 Å². The minimum Gasteiger partial charge on any atom is -0.459 e. The Balaban J connectivity index is 2.35. The largest absolute Gasteiger partial charge is 0.459 e. The van der Waals surface area contributed by atoms with Gasteiger partial charge in [-0.1, -0.05) is 36.4 Å². The predicted molar refractivity (Wildman–Crippen MR) is 105 cm³/mol. The van der Waals surface area contributed by atoms with Crippen LogP contribution in [0.3, 0.4) is 0 Å². The summed E-state index contributed by atoms with van der Waals surface area (Å²) >= 11 is 0. The second-order valence-electron chi connectivity index (χ2n) is 6.54. The molecule has 0 unspecified atom stereocenters. The molecule has 174 valence electrons. The van der Waals surface area contributed by atoms with E-state index in [0.717, 1.165) is 0 Å². The van der Waals surface area contributed by atoms with Crippen LogP contribution in [-0.2, 0) is 23.8 Å². The van der Waals surface area contributed by atoms with Gasteiger partial charge in [0.15, 0.2) is 6.10 Å². The van der Waals surface area contributed by atoms with Gasteiger partial charge in [-0.15, -0.1) is 0 Å². The molecule has 0 aromatic heterocycles. The van der Waals surface area contributed by atoms with Gasteiger partial charge in [0.25, 0.3) is 10.1 Å². The van der Waals surface area contributed by atoms with Gasteiger partial charge in [-0.3, -0.25) is 4.18 Å². The van der Waals surface area contributed by atoms with Crippen LogP contribution in [0.2, 0.25) is 0 Å². The van der Waals surface area contributed by atoms with Crippen LogP contribution in [0.4, 0.5) is 8.78 Å². The second-order valence-corrected chi connectivity index (χ2v) is 8.14. The summed E-state index contributed by atoms with van der Waals surface area (Å²) in [4.78, 5) is 24.5. The van der Waals surface area contributed by atoms with Gasteiger partial charge in [0.1, 0.15) is 6.61 Å². The molecule has 0 radical (unpaired) electrons. The first kappa shape index (κ1) is 25.3. The highest BCUT2D eigenvalue weighted by Gasteiger charge is 2.54. The van der Waals surface area contributed by atoms with Crippen LogP contribution in [0.5, 0.6) is 0 Å². The summed E-state index contributed by atoms with van der Waals surface area (Å²) in [6.07, 6.45) is -7.98. The lowest BCUT2D eigenvalue weighted by molar-refractivity contribution is -0.263. The van der Waals surface area contributed by atoms with Gasteiger partial charge in [-0.25, -0.2) is 9.59 Å². The van der Waals surface area contributed by atoms with Crippen molar-refractivity contribution in [1.29, 1.82) is 0 Å². The van der Waals surface area contributed by atoms with Crippen molar-refractivity contribution in [2.75, 3.05) is 12.9 Å². The van der Waals surface area contributed by atoms with E-state index >= 15 is 0 Å². The molecule has 0 saturated carbocycles. The maximum atomic E-state index is 14.6. The average molecular weight is 474 g/mol. The number of esters is 2. The molecule has 32 heavy (non-hydrogen) atoms. The van der Waals surface area contributed by atoms with Gasteiger partial charge in [-0.05, 0) is 24.3 Å². The van der Waals surface area contributed by atoms with Gasteiger partial charge >= 0.3 is 17.9 Å². The molecule has 0 aliphatic carbocycles. The topological polar surface area (TPSA) is 136 Å². The smallest absolute Gasteiger partial charge is 0.338 e. The van der Waals surface area contributed by atoms with Crippen LogP contribution in [0.25, 0.3) is 0 Å². The van der Waals surface area contributed by atoms with Crippen molar-refractivity contribution >= 4 is 22.1 Å². The number of ether oxygens (including phenoxy) is 2. The van der Waals surface area contributed by atoms with Gasteiger partial charge in [0, 0.05) is 0 Å². The molecule has 0 aliphatic heterocycles. The highest BCUT2D eigenvalue weighted by Crippen LogP contribution is 2.30. The fraction of sp³-hybridized carbons (Fsp3) is 0.300. The van der Waals surface area contributed by atoms with Gasteiger partial charge < -0.3 is 19.7 Å². The molecule has 2 N–H and O–H groups in total. The van der Waals surface area contributed by atoms with Crippen LogP contribution in [-0.4, -0.2) is 67.9 Å². The number of aliphatic hydroxyl groups excluding tert-OH is 1. The zero-order valence-electron chi connectivity index (χ0n) is 16.6. The minimum atomic E-state index is -4.60. The fourth-order valence-electron chi connectivity index (χ4n) is 2.51.